The maximum absolute atomic E-state index is 12.4. The first-order valence-electron chi connectivity index (χ1n) is 13.3. The van der Waals surface area contributed by atoms with Crippen LogP contribution in [0.2, 0.25) is 0 Å². The fourth-order valence-corrected chi connectivity index (χ4v) is 8.16. The highest BCUT2D eigenvalue weighted by Crippen LogP contribution is 2.54. The van der Waals surface area contributed by atoms with Crippen molar-refractivity contribution in [3.8, 4) is 0 Å². The van der Waals surface area contributed by atoms with E-state index < -0.39 is 5.97 Å². The zero-order valence-electron chi connectivity index (χ0n) is 21.7. The number of hydrogen-bond donors (Lipinski definition) is 2. The Bertz CT molecular complexity index is 1950. The standard InChI is InChI=1S/C33H23N3O3S2/c37-27(38)18-24-28(21-15-16-26-23(17-21)22-13-7-8-14-25(22)40-26)34-33-36(30(24)20-11-5-2-6-12-20)32-31(41-33)29(35-39-32)19-9-3-1-4-10-19/h1-17,29-30,35H,18H2,(H,37,38). The van der Waals surface area contributed by atoms with Crippen LogP contribution in [0.1, 0.15) is 35.2 Å². The van der Waals surface area contributed by atoms with Gasteiger partial charge in [0.15, 0.2) is 5.17 Å². The van der Waals surface area contributed by atoms with Gasteiger partial charge in [-0.15, -0.1) is 16.8 Å². The lowest BCUT2D eigenvalue weighted by Crippen LogP contribution is -2.36. The summed E-state index contributed by atoms with van der Waals surface area (Å²) in [5, 5.41) is 13.3. The van der Waals surface area contributed by atoms with Gasteiger partial charge in [-0.1, -0.05) is 84.9 Å². The van der Waals surface area contributed by atoms with Gasteiger partial charge in [0, 0.05) is 25.7 Å². The number of thioether (sulfide) groups is 1. The molecule has 0 fully saturated rings. The van der Waals surface area contributed by atoms with E-state index in [1.807, 2.05) is 48.5 Å². The second kappa shape index (κ2) is 9.62. The zero-order valence-corrected chi connectivity index (χ0v) is 23.3. The van der Waals surface area contributed by atoms with Gasteiger partial charge in [-0.3, -0.25) is 9.69 Å². The summed E-state index contributed by atoms with van der Waals surface area (Å²) in [5.41, 5.74) is 7.62. The van der Waals surface area contributed by atoms with Crippen molar-refractivity contribution in [1.29, 1.82) is 0 Å². The Kier molecular flexibility index (Phi) is 5.73. The molecule has 2 unspecified atom stereocenters. The SMILES string of the molecule is O=C(O)CC1=C(c2ccc3sc4ccccc4c3c2)N=C2SC3=C(ONC3c3ccccc3)N2C1c1ccccc1. The Hall–Kier alpha value is -4.37. The molecule has 200 valence electrons. The number of nitrogens with one attached hydrogen (secondary N) is 1. The van der Waals surface area contributed by atoms with Gasteiger partial charge in [0.25, 0.3) is 0 Å². The summed E-state index contributed by atoms with van der Waals surface area (Å²) in [6.45, 7) is 0. The van der Waals surface area contributed by atoms with Crippen LogP contribution in [0, 0.1) is 0 Å². The highest BCUT2D eigenvalue weighted by molar-refractivity contribution is 8.17. The second-order valence-electron chi connectivity index (χ2n) is 10.2. The van der Waals surface area contributed by atoms with Gasteiger partial charge in [-0.25, -0.2) is 4.99 Å². The quantitative estimate of drug-likeness (QED) is 0.223. The average molecular weight is 574 g/mol. The molecule has 2 N–H and O–H groups in total. The van der Waals surface area contributed by atoms with Crippen molar-refractivity contribution in [3.63, 3.8) is 0 Å². The molecule has 4 heterocycles. The Balaban J connectivity index is 1.33. The van der Waals surface area contributed by atoms with Crippen molar-refractivity contribution in [2.45, 2.75) is 18.5 Å². The molecule has 1 aromatic heterocycles. The van der Waals surface area contributed by atoms with E-state index in [2.05, 4.69) is 65.0 Å². The molecular weight excluding hydrogens is 551 g/mol. The molecule has 0 radical (unpaired) electrons. The molecule has 0 saturated carbocycles. The minimum absolute atomic E-state index is 0.138. The predicted molar refractivity (Wildman–Crippen MR) is 165 cm³/mol. The van der Waals surface area contributed by atoms with Crippen LogP contribution in [0.5, 0.6) is 0 Å². The van der Waals surface area contributed by atoms with E-state index in [0.717, 1.165) is 37.7 Å². The minimum atomic E-state index is -0.896. The molecule has 0 aliphatic carbocycles. The van der Waals surface area contributed by atoms with Gasteiger partial charge in [0.1, 0.15) is 6.04 Å². The first-order valence-corrected chi connectivity index (χ1v) is 15.0. The van der Waals surface area contributed by atoms with Crippen molar-refractivity contribution < 1.29 is 14.7 Å². The van der Waals surface area contributed by atoms with Gasteiger partial charge in [-0.2, -0.15) is 0 Å². The lowest BCUT2D eigenvalue weighted by atomic mass is 9.89. The molecule has 8 rings (SSSR count). The fourth-order valence-electron chi connectivity index (χ4n) is 5.92. The van der Waals surface area contributed by atoms with E-state index in [1.54, 1.807) is 23.1 Å². The number of aliphatic carboxylic acids is 1. The second-order valence-corrected chi connectivity index (χ2v) is 12.3. The third kappa shape index (κ3) is 3.98. The molecule has 0 bridgehead atoms. The molecule has 4 aromatic carbocycles. The number of thiophene rings is 1. The summed E-state index contributed by atoms with van der Waals surface area (Å²) in [5.74, 6) is -0.217. The molecule has 5 aromatic rings. The number of fused-ring (bicyclic) bond motifs is 5. The molecule has 8 heteroatoms. The first kappa shape index (κ1) is 24.4. The number of aliphatic imine (C=N–C) groups is 1. The summed E-state index contributed by atoms with van der Waals surface area (Å²) in [4.78, 5) is 26.8. The first-order chi connectivity index (χ1) is 20.2. The topological polar surface area (TPSA) is 74.2 Å². The van der Waals surface area contributed by atoms with Crippen LogP contribution in [0.3, 0.4) is 0 Å². The van der Waals surface area contributed by atoms with Crippen LogP contribution in [0.15, 0.2) is 124 Å². The Morgan fingerprint density at radius 1 is 0.878 bits per heavy atom. The number of hydroxylamine groups is 1. The number of carboxylic acid groups (broad SMARTS) is 1. The summed E-state index contributed by atoms with van der Waals surface area (Å²) in [6, 6.07) is 34.4. The lowest BCUT2D eigenvalue weighted by molar-refractivity contribution is -0.136. The Morgan fingerprint density at radius 3 is 2.37 bits per heavy atom. The number of carboxylic acids is 1. The van der Waals surface area contributed by atoms with Crippen LogP contribution >= 0.6 is 23.1 Å². The van der Waals surface area contributed by atoms with Crippen LogP contribution in [0.25, 0.3) is 25.9 Å². The van der Waals surface area contributed by atoms with Crippen LogP contribution < -0.4 is 5.48 Å². The fraction of sp³-hybridized carbons (Fsp3) is 0.0909. The van der Waals surface area contributed by atoms with Crippen molar-refractivity contribution in [2.75, 3.05) is 0 Å². The molecule has 0 amide bonds. The summed E-state index contributed by atoms with van der Waals surface area (Å²) < 4.78 is 2.42. The van der Waals surface area contributed by atoms with E-state index in [9.17, 15) is 9.90 Å². The summed E-state index contributed by atoms with van der Waals surface area (Å²) in [7, 11) is 0. The molecule has 41 heavy (non-hydrogen) atoms. The predicted octanol–water partition coefficient (Wildman–Crippen LogP) is 7.85. The number of nitrogens with zero attached hydrogens (tertiary/aromatic N) is 2. The molecule has 3 aliphatic heterocycles. The Labute approximate surface area is 244 Å². The molecule has 0 spiro atoms. The zero-order chi connectivity index (χ0) is 27.5. The maximum Gasteiger partial charge on any atom is 0.307 e. The van der Waals surface area contributed by atoms with E-state index in [4.69, 9.17) is 9.83 Å². The van der Waals surface area contributed by atoms with Gasteiger partial charge in [0.2, 0.25) is 5.88 Å². The third-order valence-electron chi connectivity index (χ3n) is 7.71. The van der Waals surface area contributed by atoms with Gasteiger partial charge in [0.05, 0.1) is 23.1 Å². The molecule has 3 aliphatic rings. The van der Waals surface area contributed by atoms with E-state index >= 15 is 0 Å². The van der Waals surface area contributed by atoms with E-state index in [1.165, 1.54) is 14.8 Å². The number of hydrogen-bond acceptors (Lipinski definition) is 7. The van der Waals surface area contributed by atoms with Gasteiger partial charge >= 0.3 is 5.97 Å². The molecule has 6 nitrogen and oxygen atoms in total. The van der Waals surface area contributed by atoms with Gasteiger partial charge < -0.3 is 9.94 Å². The highest BCUT2D eigenvalue weighted by atomic mass is 32.2. The number of amidine groups is 1. The van der Waals surface area contributed by atoms with Crippen LogP contribution in [-0.4, -0.2) is 21.1 Å². The largest absolute Gasteiger partial charge is 0.481 e. The third-order valence-corrected chi connectivity index (χ3v) is 9.97. The van der Waals surface area contributed by atoms with Crippen molar-refractivity contribution in [3.05, 3.63) is 136 Å². The van der Waals surface area contributed by atoms with Crippen molar-refractivity contribution >= 4 is 60.1 Å². The number of carbonyl (C=O) groups is 1. The Morgan fingerprint density at radius 2 is 1.59 bits per heavy atom. The highest BCUT2D eigenvalue weighted by Gasteiger charge is 2.48. The maximum atomic E-state index is 12.4. The number of rotatable bonds is 5. The smallest absolute Gasteiger partial charge is 0.307 e. The molecule has 2 atom stereocenters. The van der Waals surface area contributed by atoms with Crippen LogP contribution in [0.4, 0.5) is 0 Å². The van der Waals surface area contributed by atoms with E-state index in [-0.39, 0.29) is 18.5 Å². The number of benzene rings is 4. The van der Waals surface area contributed by atoms with E-state index in [0.29, 0.717) is 11.6 Å². The van der Waals surface area contributed by atoms with Crippen molar-refractivity contribution in [2.24, 2.45) is 4.99 Å². The molecule has 0 saturated heterocycles. The van der Waals surface area contributed by atoms with Crippen molar-refractivity contribution in [1.82, 2.24) is 10.4 Å². The monoisotopic (exact) mass is 573 g/mol. The minimum Gasteiger partial charge on any atom is -0.481 e. The lowest BCUT2D eigenvalue weighted by Gasteiger charge is -2.36. The normalized spacial score (nSPS) is 19.9. The van der Waals surface area contributed by atoms with Crippen LogP contribution in [-0.2, 0) is 9.63 Å². The summed E-state index contributed by atoms with van der Waals surface area (Å²) in [6.07, 6.45) is -0.145. The average Bonchev–Trinajstić information content (AvgIpc) is 3.69. The summed E-state index contributed by atoms with van der Waals surface area (Å²) >= 11 is 3.34. The molecular formula is C33H23N3O3S2. The van der Waals surface area contributed by atoms with Gasteiger partial charge in [-0.05, 0) is 46.7 Å².